The maximum absolute atomic E-state index is 13.9. The molecule has 1 saturated heterocycles. The van der Waals surface area contributed by atoms with Gasteiger partial charge in [-0.1, -0.05) is 12.8 Å². The minimum Gasteiger partial charge on any atom is -0.317 e. The van der Waals surface area contributed by atoms with Gasteiger partial charge in [0.25, 0.3) is 5.92 Å². The summed E-state index contributed by atoms with van der Waals surface area (Å²) in [6.45, 7) is 1.88. The van der Waals surface area contributed by atoms with E-state index >= 15 is 0 Å². The summed E-state index contributed by atoms with van der Waals surface area (Å²) in [4.78, 5) is 0. The van der Waals surface area contributed by atoms with Gasteiger partial charge in [0.1, 0.15) is 0 Å². The quantitative estimate of drug-likeness (QED) is 0.767. The van der Waals surface area contributed by atoms with Crippen LogP contribution in [0.15, 0.2) is 0 Å². The first kappa shape index (κ1) is 10.9. The van der Waals surface area contributed by atoms with Crippen LogP contribution in [0.3, 0.4) is 0 Å². The standard InChI is InChI=1S/C13H21F2N/c14-13(15)11(9-3-1-2-4-9)12(13)10-5-7-16-8-6-10/h9-12,16H,1-8H2. The Morgan fingerprint density at radius 3 is 1.88 bits per heavy atom. The van der Waals surface area contributed by atoms with Gasteiger partial charge in [0.2, 0.25) is 0 Å². The summed E-state index contributed by atoms with van der Waals surface area (Å²) in [6.07, 6.45) is 6.39. The zero-order valence-electron chi connectivity index (χ0n) is 9.72. The van der Waals surface area contributed by atoms with Crippen LogP contribution >= 0.6 is 0 Å². The Hall–Kier alpha value is -0.180. The number of nitrogens with one attached hydrogen (secondary N) is 1. The third-order valence-electron chi connectivity index (χ3n) is 4.97. The first-order chi connectivity index (χ1) is 7.71. The average Bonchev–Trinajstić information content (AvgIpc) is 2.70. The van der Waals surface area contributed by atoms with Crippen LogP contribution in [-0.2, 0) is 0 Å². The van der Waals surface area contributed by atoms with Crippen LogP contribution in [0, 0.1) is 23.7 Å². The van der Waals surface area contributed by atoms with E-state index in [9.17, 15) is 8.78 Å². The molecule has 1 heterocycles. The molecule has 16 heavy (non-hydrogen) atoms. The van der Waals surface area contributed by atoms with Gasteiger partial charge in [0.15, 0.2) is 0 Å². The van der Waals surface area contributed by atoms with E-state index in [4.69, 9.17) is 0 Å². The van der Waals surface area contributed by atoms with E-state index in [1.807, 2.05) is 0 Å². The molecule has 3 fully saturated rings. The van der Waals surface area contributed by atoms with Gasteiger partial charge < -0.3 is 5.32 Å². The molecule has 3 aliphatic rings. The van der Waals surface area contributed by atoms with Crippen molar-refractivity contribution in [2.75, 3.05) is 13.1 Å². The third kappa shape index (κ3) is 1.68. The summed E-state index contributed by atoms with van der Waals surface area (Å²) in [5.41, 5.74) is 0. The van der Waals surface area contributed by atoms with Gasteiger partial charge in [-0.25, -0.2) is 8.78 Å². The van der Waals surface area contributed by atoms with Crippen molar-refractivity contribution in [3.05, 3.63) is 0 Å². The lowest BCUT2D eigenvalue weighted by molar-refractivity contribution is 0.0630. The number of alkyl halides is 2. The van der Waals surface area contributed by atoms with E-state index < -0.39 is 5.92 Å². The van der Waals surface area contributed by atoms with Crippen molar-refractivity contribution in [2.24, 2.45) is 23.7 Å². The van der Waals surface area contributed by atoms with Crippen molar-refractivity contribution in [3.8, 4) is 0 Å². The molecule has 1 nitrogen and oxygen atoms in total. The molecule has 3 heteroatoms. The summed E-state index contributed by atoms with van der Waals surface area (Å²) in [7, 11) is 0. The van der Waals surface area contributed by atoms with Crippen molar-refractivity contribution in [3.63, 3.8) is 0 Å². The van der Waals surface area contributed by atoms with Gasteiger partial charge in [-0.15, -0.1) is 0 Å². The molecule has 0 aromatic carbocycles. The molecule has 0 amide bonds. The second-order valence-corrected chi connectivity index (χ2v) is 5.86. The van der Waals surface area contributed by atoms with E-state index in [2.05, 4.69) is 5.32 Å². The highest BCUT2D eigenvalue weighted by Gasteiger charge is 2.71. The van der Waals surface area contributed by atoms with Crippen molar-refractivity contribution in [2.45, 2.75) is 44.4 Å². The monoisotopic (exact) mass is 229 g/mol. The van der Waals surface area contributed by atoms with E-state index in [1.165, 1.54) is 12.8 Å². The fourth-order valence-electron chi connectivity index (χ4n) is 4.11. The van der Waals surface area contributed by atoms with Gasteiger partial charge >= 0.3 is 0 Å². The molecule has 1 N–H and O–H groups in total. The third-order valence-corrected chi connectivity index (χ3v) is 4.97. The van der Waals surface area contributed by atoms with Crippen LogP contribution < -0.4 is 5.32 Å². The molecule has 2 atom stereocenters. The van der Waals surface area contributed by atoms with Crippen LogP contribution in [0.4, 0.5) is 8.78 Å². The van der Waals surface area contributed by atoms with E-state index in [0.29, 0.717) is 11.8 Å². The van der Waals surface area contributed by atoms with Crippen LogP contribution in [0.1, 0.15) is 38.5 Å². The normalized spacial score (nSPS) is 40.1. The molecular formula is C13H21F2N. The maximum atomic E-state index is 13.9. The van der Waals surface area contributed by atoms with E-state index in [1.54, 1.807) is 0 Å². The predicted octanol–water partition coefficient (Wildman–Crippen LogP) is 3.06. The molecule has 0 bridgehead atoms. The molecule has 0 spiro atoms. The topological polar surface area (TPSA) is 12.0 Å². The van der Waals surface area contributed by atoms with Crippen LogP contribution in [-0.4, -0.2) is 19.0 Å². The Morgan fingerprint density at radius 1 is 0.812 bits per heavy atom. The predicted molar refractivity (Wildman–Crippen MR) is 59.5 cm³/mol. The zero-order valence-corrected chi connectivity index (χ0v) is 9.72. The summed E-state index contributed by atoms with van der Waals surface area (Å²) in [5.74, 6) is -2.20. The first-order valence-corrected chi connectivity index (χ1v) is 6.80. The fourth-order valence-corrected chi connectivity index (χ4v) is 4.11. The van der Waals surface area contributed by atoms with Crippen LogP contribution in [0.5, 0.6) is 0 Å². The second-order valence-electron chi connectivity index (χ2n) is 5.86. The van der Waals surface area contributed by atoms with Crippen LogP contribution in [0.25, 0.3) is 0 Å². The Balaban J connectivity index is 1.66. The number of halogens is 2. The van der Waals surface area contributed by atoms with Gasteiger partial charge in [0, 0.05) is 11.8 Å². The lowest BCUT2D eigenvalue weighted by atomic mass is 9.89. The summed E-state index contributed by atoms with van der Waals surface area (Å²) < 4.78 is 27.8. The fraction of sp³-hybridized carbons (Fsp3) is 1.00. The second kappa shape index (κ2) is 3.94. The van der Waals surface area contributed by atoms with Crippen molar-refractivity contribution < 1.29 is 8.78 Å². The van der Waals surface area contributed by atoms with E-state index in [-0.39, 0.29) is 11.8 Å². The summed E-state index contributed by atoms with van der Waals surface area (Å²) in [5, 5.41) is 3.26. The highest BCUT2D eigenvalue weighted by molar-refractivity contribution is 5.11. The Labute approximate surface area is 96.0 Å². The Bertz CT molecular complexity index is 255. The molecule has 2 saturated carbocycles. The molecular weight excluding hydrogens is 208 g/mol. The van der Waals surface area contributed by atoms with E-state index in [0.717, 1.165) is 38.8 Å². The Kier molecular flexibility index (Phi) is 2.69. The van der Waals surface area contributed by atoms with Gasteiger partial charge in [-0.3, -0.25) is 0 Å². The molecule has 3 rings (SSSR count). The van der Waals surface area contributed by atoms with Crippen molar-refractivity contribution in [1.82, 2.24) is 5.32 Å². The average molecular weight is 229 g/mol. The lowest BCUT2D eigenvalue weighted by Gasteiger charge is -2.22. The largest absolute Gasteiger partial charge is 0.317 e. The maximum Gasteiger partial charge on any atom is 0.255 e. The first-order valence-electron chi connectivity index (χ1n) is 6.80. The minimum absolute atomic E-state index is 0.252. The summed E-state index contributed by atoms with van der Waals surface area (Å²) >= 11 is 0. The molecule has 2 unspecified atom stereocenters. The van der Waals surface area contributed by atoms with Crippen molar-refractivity contribution in [1.29, 1.82) is 0 Å². The number of hydrogen-bond donors (Lipinski definition) is 1. The SMILES string of the molecule is FC1(F)C(C2CCCC2)C1C1CCNCC1. The molecule has 0 aromatic rings. The number of rotatable bonds is 2. The van der Waals surface area contributed by atoms with Gasteiger partial charge in [0.05, 0.1) is 0 Å². The highest BCUT2D eigenvalue weighted by atomic mass is 19.3. The molecule has 0 aromatic heterocycles. The number of piperidine rings is 1. The highest BCUT2D eigenvalue weighted by Crippen LogP contribution is 2.65. The smallest absolute Gasteiger partial charge is 0.255 e. The van der Waals surface area contributed by atoms with Gasteiger partial charge in [-0.2, -0.15) is 0 Å². The number of hydrogen-bond acceptors (Lipinski definition) is 1. The molecule has 1 aliphatic heterocycles. The molecule has 0 radical (unpaired) electrons. The lowest BCUT2D eigenvalue weighted by Crippen LogP contribution is -2.29. The zero-order chi connectivity index (χ0) is 11.2. The minimum atomic E-state index is -2.32. The van der Waals surface area contributed by atoms with Gasteiger partial charge in [-0.05, 0) is 50.6 Å². The van der Waals surface area contributed by atoms with Crippen molar-refractivity contribution >= 4 is 0 Å². The molecule has 2 aliphatic carbocycles. The molecule has 92 valence electrons. The Morgan fingerprint density at radius 2 is 1.31 bits per heavy atom. The summed E-state index contributed by atoms with van der Waals surface area (Å²) in [6, 6.07) is 0. The van der Waals surface area contributed by atoms with Crippen LogP contribution in [0.2, 0.25) is 0 Å².